The highest BCUT2D eigenvalue weighted by Crippen LogP contribution is 2.50. The standard InChI is InChI=1S/C26H24ClN9OS/c27-20-18(5-9-31-23(20)37-14-3-4-14)38-24-19-17(13-28)32-25(33-22(19)34-35-24)36-10-6-26(7-11-36)12-16-15(21(26)29)2-1-8-30-16/h1-2,5,8-9,14,21H,3-4,6-7,10-12,29H2,(H,32,33,34,35)/t21-/m1/s1. The quantitative estimate of drug-likeness (QED) is 0.374. The number of piperidine rings is 1. The van der Waals surface area contributed by atoms with Gasteiger partial charge in [-0.1, -0.05) is 29.4 Å². The highest BCUT2D eigenvalue weighted by Gasteiger charge is 2.46. The highest BCUT2D eigenvalue weighted by atomic mass is 35.5. The lowest BCUT2D eigenvalue weighted by atomic mass is 9.73. The monoisotopic (exact) mass is 545 g/mol. The summed E-state index contributed by atoms with van der Waals surface area (Å²) in [6.45, 7) is 1.51. The third-order valence-electron chi connectivity index (χ3n) is 7.79. The van der Waals surface area contributed by atoms with E-state index in [1.54, 1.807) is 12.3 Å². The van der Waals surface area contributed by atoms with Crippen LogP contribution in [0.3, 0.4) is 0 Å². The number of fused-ring (bicyclic) bond motifs is 2. The number of halogens is 1. The Hall–Kier alpha value is -3.46. The molecule has 0 radical (unpaired) electrons. The van der Waals surface area contributed by atoms with Crippen LogP contribution >= 0.6 is 23.4 Å². The summed E-state index contributed by atoms with van der Waals surface area (Å²) >= 11 is 7.91. The fourth-order valence-electron chi connectivity index (χ4n) is 5.50. The van der Waals surface area contributed by atoms with Gasteiger partial charge >= 0.3 is 0 Å². The number of anilines is 1. The predicted octanol–water partition coefficient (Wildman–Crippen LogP) is 4.20. The van der Waals surface area contributed by atoms with Gasteiger partial charge in [0.25, 0.3) is 0 Å². The van der Waals surface area contributed by atoms with Crippen LogP contribution in [0.2, 0.25) is 5.02 Å². The molecule has 7 rings (SSSR count). The summed E-state index contributed by atoms with van der Waals surface area (Å²) in [5.74, 6) is 0.940. The van der Waals surface area contributed by atoms with Crippen molar-refractivity contribution in [3.63, 3.8) is 0 Å². The lowest BCUT2D eigenvalue weighted by molar-refractivity contribution is 0.186. The first-order chi connectivity index (χ1) is 18.5. The third kappa shape index (κ3) is 3.95. The SMILES string of the molecule is N#Cc1nc(N2CCC3(CC2)Cc2ncccc2[C@H]3N)nc2[nH]nc(Sc3ccnc(OC4CC4)c3Cl)c12. The van der Waals surface area contributed by atoms with E-state index in [1.165, 1.54) is 11.8 Å². The average molecular weight is 546 g/mol. The minimum Gasteiger partial charge on any atom is -0.473 e. The van der Waals surface area contributed by atoms with Crippen molar-refractivity contribution in [3.05, 3.63) is 52.6 Å². The van der Waals surface area contributed by atoms with Gasteiger partial charge in [0.1, 0.15) is 22.2 Å². The number of ether oxygens (including phenoxy) is 1. The van der Waals surface area contributed by atoms with Gasteiger partial charge in [-0.25, -0.2) is 9.97 Å². The zero-order chi connectivity index (χ0) is 25.9. The van der Waals surface area contributed by atoms with Gasteiger partial charge < -0.3 is 15.4 Å². The van der Waals surface area contributed by atoms with E-state index in [-0.39, 0.29) is 23.3 Å². The summed E-state index contributed by atoms with van der Waals surface area (Å²) in [6, 6.07) is 8.08. The molecule has 3 aliphatic rings. The molecule has 1 aliphatic heterocycles. The van der Waals surface area contributed by atoms with Crippen LogP contribution in [-0.2, 0) is 6.42 Å². The number of nitriles is 1. The number of H-pyrrole nitrogens is 1. The molecular weight excluding hydrogens is 522 g/mol. The molecule has 5 heterocycles. The summed E-state index contributed by atoms with van der Waals surface area (Å²) in [5, 5.41) is 19.0. The molecule has 12 heteroatoms. The zero-order valence-electron chi connectivity index (χ0n) is 20.4. The number of hydrogen-bond acceptors (Lipinski definition) is 10. The Morgan fingerprint density at radius 2 is 2.03 bits per heavy atom. The Morgan fingerprint density at radius 1 is 1.18 bits per heavy atom. The first-order valence-corrected chi connectivity index (χ1v) is 13.8. The number of aromatic amines is 1. The average Bonchev–Trinajstić information content (AvgIpc) is 3.61. The highest BCUT2D eigenvalue weighted by molar-refractivity contribution is 7.99. The second-order valence-electron chi connectivity index (χ2n) is 10.1. The van der Waals surface area contributed by atoms with Crippen molar-refractivity contribution in [1.82, 2.24) is 30.1 Å². The van der Waals surface area contributed by atoms with Gasteiger partial charge in [-0.15, -0.1) is 0 Å². The van der Waals surface area contributed by atoms with Gasteiger partial charge in [0, 0.05) is 42.1 Å². The van der Waals surface area contributed by atoms with E-state index in [2.05, 4.69) is 42.2 Å². The second kappa shape index (κ2) is 9.08. The molecule has 1 atom stereocenters. The summed E-state index contributed by atoms with van der Waals surface area (Å²) in [6.07, 6.45) is 8.42. The fourth-order valence-corrected chi connectivity index (χ4v) is 6.67. The molecule has 4 aromatic heterocycles. The van der Waals surface area contributed by atoms with Crippen molar-refractivity contribution in [1.29, 1.82) is 5.26 Å². The third-order valence-corrected chi connectivity index (χ3v) is 9.32. The largest absolute Gasteiger partial charge is 0.473 e. The molecule has 1 saturated carbocycles. The van der Waals surface area contributed by atoms with Crippen molar-refractivity contribution in [3.8, 4) is 11.9 Å². The van der Waals surface area contributed by atoms with Crippen molar-refractivity contribution < 1.29 is 4.74 Å². The van der Waals surface area contributed by atoms with Gasteiger partial charge in [-0.05, 0) is 55.2 Å². The topological polar surface area (TPSA) is 143 Å². The molecule has 2 fully saturated rings. The van der Waals surface area contributed by atoms with Crippen molar-refractivity contribution >= 4 is 40.3 Å². The molecule has 10 nitrogen and oxygen atoms in total. The Kier molecular flexibility index (Phi) is 5.65. The van der Waals surface area contributed by atoms with Gasteiger partial charge in [0.2, 0.25) is 11.8 Å². The van der Waals surface area contributed by atoms with Crippen LogP contribution in [0.15, 0.2) is 40.5 Å². The Morgan fingerprint density at radius 3 is 2.79 bits per heavy atom. The number of aromatic nitrogens is 6. The Bertz CT molecular complexity index is 1590. The van der Waals surface area contributed by atoms with E-state index in [0.717, 1.165) is 61.3 Å². The Labute approximate surface area is 228 Å². The molecule has 3 N–H and O–H groups in total. The molecule has 0 unspecified atom stereocenters. The molecule has 0 amide bonds. The van der Waals surface area contributed by atoms with Gasteiger partial charge in [-0.2, -0.15) is 15.3 Å². The number of nitrogens with zero attached hydrogens (tertiary/aromatic N) is 7. The molecule has 192 valence electrons. The van der Waals surface area contributed by atoms with Gasteiger partial charge in [0.05, 0.1) is 5.39 Å². The maximum absolute atomic E-state index is 9.99. The maximum Gasteiger partial charge on any atom is 0.234 e. The Balaban J connectivity index is 1.13. The van der Waals surface area contributed by atoms with Crippen LogP contribution in [-0.4, -0.2) is 49.3 Å². The number of rotatable bonds is 5. The first kappa shape index (κ1) is 23.6. The molecule has 2 aliphatic carbocycles. The number of nitrogens with two attached hydrogens (primary N) is 1. The minimum atomic E-state index is -0.0196. The summed E-state index contributed by atoms with van der Waals surface area (Å²) in [4.78, 5) is 21.1. The molecule has 38 heavy (non-hydrogen) atoms. The van der Waals surface area contributed by atoms with Crippen LogP contribution in [0.4, 0.5) is 5.95 Å². The maximum atomic E-state index is 9.99. The fraction of sp³-hybridized carbons (Fsp3) is 0.385. The smallest absolute Gasteiger partial charge is 0.234 e. The minimum absolute atomic E-state index is 0.000965. The van der Waals surface area contributed by atoms with E-state index >= 15 is 0 Å². The molecule has 0 bridgehead atoms. The van der Waals surface area contributed by atoms with E-state index in [1.807, 2.05) is 12.3 Å². The molecular formula is C26H24ClN9OS. The number of pyridine rings is 2. The van der Waals surface area contributed by atoms with E-state index in [0.29, 0.717) is 32.9 Å². The second-order valence-corrected chi connectivity index (χ2v) is 11.5. The molecule has 1 saturated heterocycles. The normalized spacial score (nSPS) is 20.0. The lowest BCUT2D eigenvalue weighted by Gasteiger charge is -2.42. The first-order valence-electron chi connectivity index (χ1n) is 12.6. The van der Waals surface area contributed by atoms with Crippen LogP contribution < -0.4 is 15.4 Å². The summed E-state index contributed by atoms with van der Waals surface area (Å²) < 4.78 is 5.81. The molecule has 1 spiro atoms. The van der Waals surface area contributed by atoms with Crippen molar-refractivity contribution in [2.45, 2.75) is 54.2 Å². The van der Waals surface area contributed by atoms with Crippen molar-refractivity contribution in [2.24, 2.45) is 11.1 Å². The van der Waals surface area contributed by atoms with E-state index in [9.17, 15) is 5.26 Å². The van der Waals surface area contributed by atoms with Crippen LogP contribution in [0.1, 0.15) is 48.7 Å². The van der Waals surface area contributed by atoms with Gasteiger partial charge in [-0.3, -0.25) is 10.1 Å². The number of nitrogens with one attached hydrogen (secondary N) is 1. The van der Waals surface area contributed by atoms with Crippen LogP contribution in [0.5, 0.6) is 5.88 Å². The van der Waals surface area contributed by atoms with Crippen molar-refractivity contribution in [2.75, 3.05) is 18.0 Å². The lowest BCUT2D eigenvalue weighted by Crippen LogP contribution is -2.45. The van der Waals surface area contributed by atoms with E-state index in [4.69, 9.17) is 27.1 Å². The van der Waals surface area contributed by atoms with Crippen LogP contribution in [0.25, 0.3) is 11.0 Å². The van der Waals surface area contributed by atoms with Crippen LogP contribution in [0, 0.1) is 16.7 Å². The summed E-state index contributed by atoms with van der Waals surface area (Å²) in [5.41, 5.74) is 9.77. The number of hydrogen-bond donors (Lipinski definition) is 2. The summed E-state index contributed by atoms with van der Waals surface area (Å²) in [7, 11) is 0. The molecule has 0 aromatic carbocycles. The zero-order valence-corrected chi connectivity index (χ0v) is 22.0. The van der Waals surface area contributed by atoms with Gasteiger partial charge in [0.15, 0.2) is 11.3 Å². The van der Waals surface area contributed by atoms with E-state index < -0.39 is 0 Å². The predicted molar refractivity (Wildman–Crippen MR) is 142 cm³/mol. The molecule has 4 aromatic rings.